The normalized spacial score (nSPS) is 10.7. The lowest BCUT2D eigenvalue weighted by atomic mass is 10.1. The molecule has 3 rings (SSSR count). The molecule has 3 aromatic rings. The minimum absolute atomic E-state index is 0.0118. The van der Waals surface area contributed by atoms with Gasteiger partial charge in [-0.3, -0.25) is 19.0 Å². The molecular weight excluding hydrogens is 359 g/mol. The molecule has 138 valence electrons. The molecule has 0 spiro atoms. The van der Waals surface area contributed by atoms with E-state index in [1.54, 1.807) is 6.07 Å². The van der Waals surface area contributed by atoms with Crippen molar-refractivity contribution in [2.75, 3.05) is 6.54 Å². The van der Waals surface area contributed by atoms with Gasteiger partial charge in [0.1, 0.15) is 29.3 Å². The molecule has 0 unspecified atom stereocenters. The maximum Gasteiger partial charge on any atom is 0.322 e. The first kappa shape index (κ1) is 18.0. The quantitative estimate of drug-likeness (QED) is 0.612. The number of rotatable bonds is 4. The number of carboxylic acids is 1. The van der Waals surface area contributed by atoms with Gasteiger partial charge in [-0.15, -0.1) is 0 Å². The average Bonchev–Trinajstić information content (AvgIpc) is 2.64. The van der Waals surface area contributed by atoms with Crippen molar-refractivity contribution in [2.24, 2.45) is 7.05 Å². The molecule has 0 atom stereocenters. The third kappa shape index (κ3) is 3.32. The van der Waals surface area contributed by atoms with Crippen LogP contribution in [0.5, 0.6) is 5.75 Å². The third-order valence-corrected chi connectivity index (χ3v) is 3.81. The molecular formula is C17H13FN4O5. The van der Waals surface area contributed by atoms with Gasteiger partial charge in [0.15, 0.2) is 5.82 Å². The van der Waals surface area contributed by atoms with Crippen molar-refractivity contribution >= 4 is 22.9 Å². The van der Waals surface area contributed by atoms with E-state index in [2.05, 4.69) is 9.97 Å². The summed E-state index contributed by atoms with van der Waals surface area (Å²) in [4.78, 5) is 43.3. The summed E-state index contributed by atoms with van der Waals surface area (Å²) in [6.07, 6.45) is 1.20. The Hall–Kier alpha value is -3.82. The van der Waals surface area contributed by atoms with Gasteiger partial charge >= 0.3 is 5.97 Å². The van der Waals surface area contributed by atoms with E-state index < -0.39 is 41.1 Å². The standard InChI is InChI=1S/C17H13FN4O5/c1-22-15-10(6-19-14(21-15)8-3-2-4-9(18)5-8)13(25)12(17(22)27)16(26)20-7-11(23)24/h2-6,25H,7H2,1H3,(H,20,26)(H,23,24). The van der Waals surface area contributed by atoms with E-state index in [-0.39, 0.29) is 16.9 Å². The lowest BCUT2D eigenvalue weighted by Gasteiger charge is -2.11. The molecule has 10 heteroatoms. The molecule has 9 nitrogen and oxygen atoms in total. The second-order valence-corrected chi connectivity index (χ2v) is 5.61. The Morgan fingerprint density at radius 3 is 2.74 bits per heavy atom. The number of aromatic hydroxyl groups is 1. The van der Waals surface area contributed by atoms with Crippen LogP contribution < -0.4 is 10.9 Å². The van der Waals surface area contributed by atoms with E-state index >= 15 is 0 Å². The number of hydrogen-bond acceptors (Lipinski definition) is 6. The second-order valence-electron chi connectivity index (χ2n) is 5.61. The van der Waals surface area contributed by atoms with Gasteiger partial charge in [-0.1, -0.05) is 12.1 Å². The predicted molar refractivity (Wildman–Crippen MR) is 91.8 cm³/mol. The Bertz CT molecular complexity index is 1140. The van der Waals surface area contributed by atoms with Crippen molar-refractivity contribution in [3.63, 3.8) is 0 Å². The molecule has 0 bridgehead atoms. The molecule has 0 aliphatic carbocycles. The molecule has 0 saturated heterocycles. The van der Waals surface area contributed by atoms with Crippen molar-refractivity contribution in [1.29, 1.82) is 0 Å². The molecule has 0 saturated carbocycles. The fraction of sp³-hybridized carbons (Fsp3) is 0.118. The van der Waals surface area contributed by atoms with Crippen molar-refractivity contribution in [2.45, 2.75) is 0 Å². The number of aryl methyl sites for hydroxylation is 1. The van der Waals surface area contributed by atoms with Gasteiger partial charge in [-0.25, -0.2) is 14.4 Å². The number of pyridine rings is 1. The zero-order valence-electron chi connectivity index (χ0n) is 13.9. The highest BCUT2D eigenvalue weighted by atomic mass is 19.1. The van der Waals surface area contributed by atoms with Gasteiger partial charge in [0, 0.05) is 18.8 Å². The summed E-state index contributed by atoms with van der Waals surface area (Å²) in [5.74, 6) is -3.37. The van der Waals surface area contributed by atoms with Crippen LogP contribution in [0.3, 0.4) is 0 Å². The van der Waals surface area contributed by atoms with Crippen LogP contribution in [0.1, 0.15) is 10.4 Å². The van der Waals surface area contributed by atoms with Gasteiger partial charge in [0.2, 0.25) is 0 Å². The predicted octanol–water partition coefficient (Wildman–Crippen LogP) is 0.655. The monoisotopic (exact) mass is 372 g/mol. The number of nitrogens with zero attached hydrogens (tertiary/aromatic N) is 3. The van der Waals surface area contributed by atoms with Crippen LogP contribution in [0.4, 0.5) is 4.39 Å². The Balaban J connectivity index is 2.16. The number of aliphatic carboxylic acids is 1. The summed E-state index contributed by atoms with van der Waals surface area (Å²) in [5, 5.41) is 21.0. The van der Waals surface area contributed by atoms with E-state index in [1.807, 2.05) is 5.32 Å². The van der Waals surface area contributed by atoms with Gasteiger partial charge in [0.25, 0.3) is 11.5 Å². The van der Waals surface area contributed by atoms with Gasteiger partial charge in [-0.05, 0) is 12.1 Å². The Morgan fingerprint density at radius 2 is 2.07 bits per heavy atom. The molecule has 0 aliphatic heterocycles. The third-order valence-electron chi connectivity index (χ3n) is 3.81. The van der Waals surface area contributed by atoms with Crippen LogP contribution in [-0.2, 0) is 11.8 Å². The minimum atomic E-state index is -1.30. The summed E-state index contributed by atoms with van der Waals surface area (Å²) in [6.45, 7) is -0.714. The molecule has 1 aromatic carbocycles. The number of nitrogens with one attached hydrogen (secondary N) is 1. The van der Waals surface area contributed by atoms with E-state index in [1.165, 1.54) is 31.4 Å². The zero-order chi connectivity index (χ0) is 19.7. The molecule has 2 aromatic heterocycles. The number of hydrogen-bond donors (Lipinski definition) is 3. The molecule has 0 fully saturated rings. The number of carboxylic acid groups (broad SMARTS) is 1. The number of fused-ring (bicyclic) bond motifs is 1. The highest BCUT2D eigenvalue weighted by Crippen LogP contribution is 2.26. The van der Waals surface area contributed by atoms with E-state index in [9.17, 15) is 23.9 Å². The van der Waals surface area contributed by atoms with Crippen LogP contribution in [-0.4, -0.2) is 43.2 Å². The van der Waals surface area contributed by atoms with Crippen molar-refractivity contribution in [1.82, 2.24) is 19.9 Å². The number of amides is 1. The Labute approximate surface area is 150 Å². The molecule has 1 amide bonds. The van der Waals surface area contributed by atoms with Crippen LogP contribution >= 0.6 is 0 Å². The zero-order valence-corrected chi connectivity index (χ0v) is 13.9. The summed E-state index contributed by atoms with van der Waals surface area (Å²) >= 11 is 0. The molecule has 0 aliphatic rings. The Morgan fingerprint density at radius 1 is 1.33 bits per heavy atom. The van der Waals surface area contributed by atoms with Crippen molar-refractivity contribution in [3.8, 4) is 17.1 Å². The van der Waals surface area contributed by atoms with Crippen LogP contribution in [0.25, 0.3) is 22.4 Å². The molecule has 2 heterocycles. The SMILES string of the molecule is Cn1c(=O)c(C(=O)NCC(=O)O)c(O)c2cnc(-c3cccc(F)c3)nc21. The van der Waals surface area contributed by atoms with Crippen LogP contribution in [0, 0.1) is 5.82 Å². The van der Waals surface area contributed by atoms with E-state index in [0.717, 1.165) is 4.57 Å². The van der Waals surface area contributed by atoms with Crippen molar-refractivity contribution < 1.29 is 24.2 Å². The summed E-state index contributed by atoms with van der Waals surface area (Å²) < 4.78 is 14.4. The highest BCUT2D eigenvalue weighted by Gasteiger charge is 2.23. The summed E-state index contributed by atoms with van der Waals surface area (Å²) in [5.41, 5.74) is -1.09. The minimum Gasteiger partial charge on any atom is -0.506 e. The molecule has 3 N–H and O–H groups in total. The molecule has 0 radical (unpaired) electrons. The van der Waals surface area contributed by atoms with Crippen LogP contribution in [0.15, 0.2) is 35.3 Å². The average molecular weight is 372 g/mol. The second kappa shape index (κ2) is 6.83. The summed E-state index contributed by atoms with van der Waals surface area (Å²) in [7, 11) is 1.33. The number of benzene rings is 1. The topological polar surface area (TPSA) is 134 Å². The van der Waals surface area contributed by atoms with Crippen molar-refractivity contribution in [3.05, 3.63) is 52.2 Å². The first-order chi connectivity index (χ1) is 12.8. The van der Waals surface area contributed by atoms with Gasteiger partial charge < -0.3 is 15.5 Å². The lowest BCUT2D eigenvalue weighted by Crippen LogP contribution is -2.35. The van der Waals surface area contributed by atoms with E-state index in [4.69, 9.17) is 5.11 Å². The fourth-order valence-electron chi connectivity index (χ4n) is 2.51. The van der Waals surface area contributed by atoms with E-state index in [0.29, 0.717) is 5.56 Å². The van der Waals surface area contributed by atoms with Gasteiger partial charge in [0.05, 0.1) is 5.39 Å². The number of aromatic nitrogens is 3. The number of carbonyl (C=O) groups is 2. The smallest absolute Gasteiger partial charge is 0.322 e. The summed E-state index contributed by atoms with van der Waals surface area (Å²) in [6, 6.07) is 5.53. The fourth-order valence-corrected chi connectivity index (χ4v) is 2.51. The number of carbonyl (C=O) groups excluding carboxylic acids is 1. The van der Waals surface area contributed by atoms with Gasteiger partial charge in [-0.2, -0.15) is 0 Å². The maximum atomic E-state index is 13.4. The largest absolute Gasteiger partial charge is 0.506 e. The molecule has 27 heavy (non-hydrogen) atoms. The highest BCUT2D eigenvalue weighted by molar-refractivity contribution is 6.02. The Kier molecular flexibility index (Phi) is 4.55. The maximum absolute atomic E-state index is 13.4. The number of halogens is 1. The lowest BCUT2D eigenvalue weighted by molar-refractivity contribution is -0.135. The first-order valence-corrected chi connectivity index (χ1v) is 7.64. The first-order valence-electron chi connectivity index (χ1n) is 7.64. The van der Waals surface area contributed by atoms with Crippen LogP contribution in [0.2, 0.25) is 0 Å².